The Balaban J connectivity index is 1.20. The van der Waals surface area contributed by atoms with Crippen LogP contribution in [0.4, 0.5) is 0 Å². The minimum Gasteiger partial charge on any atom is -0.469 e. The second-order valence-corrected chi connectivity index (χ2v) is 15.2. The van der Waals surface area contributed by atoms with E-state index >= 15 is 0 Å². The van der Waals surface area contributed by atoms with Crippen LogP contribution >= 0.6 is 0 Å². The average molecular weight is 591 g/mol. The number of hydrogen-bond acceptors (Lipinski definition) is 7. The molecule has 0 amide bonds. The van der Waals surface area contributed by atoms with Gasteiger partial charge < -0.3 is 31.5 Å². The Hall–Kier alpha value is -0.730. The minimum absolute atomic E-state index is 0.0810. The van der Waals surface area contributed by atoms with E-state index in [1.54, 1.807) is 0 Å². The molecule has 7 nitrogen and oxygen atoms in total. The molecule has 10 atom stereocenters. The molecule has 7 heteroatoms. The number of carbonyl (C=O) groups excluding carboxylic acids is 1. The predicted octanol–water partition coefficient (Wildman–Crippen LogP) is 4.86. The highest BCUT2D eigenvalue weighted by Gasteiger charge is 2.62. The lowest BCUT2D eigenvalue weighted by Gasteiger charge is -2.62. The van der Waals surface area contributed by atoms with E-state index in [1.165, 1.54) is 71.3 Å². The van der Waals surface area contributed by atoms with Crippen molar-refractivity contribution in [1.82, 2.24) is 16.0 Å². The highest BCUT2D eigenvalue weighted by atomic mass is 16.5. The van der Waals surface area contributed by atoms with Crippen LogP contribution < -0.4 is 21.7 Å². The summed E-state index contributed by atoms with van der Waals surface area (Å²) in [5, 5.41) is 22.7. The first kappa shape index (κ1) is 34.1. The second-order valence-electron chi connectivity index (χ2n) is 15.2. The monoisotopic (exact) mass is 591 g/mol. The molecule has 0 bridgehead atoms. The Morgan fingerprint density at radius 2 is 1.57 bits per heavy atom. The molecule has 4 aliphatic rings. The fraction of sp³-hybridized carbons (Fsp3) is 0.971. The fourth-order valence-electron chi connectivity index (χ4n) is 10.5. The lowest BCUT2D eigenvalue weighted by molar-refractivity contribution is -0.167. The van der Waals surface area contributed by atoms with Crippen molar-refractivity contribution in [1.29, 1.82) is 0 Å². The topological polar surface area (TPSA) is 109 Å². The highest BCUT2D eigenvalue weighted by Crippen LogP contribution is 2.68. The summed E-state index contributed by atoms with van der Waals surface area (Å²) in [5.41, 5.74) is 6.21. The zero-order chi connectivity index (χ0) is 30.2. The van der Waals surface area contributed by atoms with Crippen molar-refractivity contribution in [3.8, 4) is 0 Å². The summed E-state index contributed by atoms with van der Waals surface area (Å²) in [5.74, 6) is 3.49. The number of methoxy groups -OCH3 is 1. The summed E-state index contributed by atoms with van der Waals surface area (Å²) < 4.78 is 4.93. The van der Waals surface area contributed by atoms with Gasteiger partial charge in [-0.1, -0.05) is 20.8 Å². The van der Waals surface area contributed by atoms with E-state index in [0.717, 1.165) is 58.5 Å². The van der Waals surface area contributed by atoms with Gasteiger partial charge in [-0.3, -0.25) is 4.79 Å². The van der Waals surface area contributed by atoms with Crippen LogP contribution in [-0.4, -0.2) is 69.6 Å². The normalized spacial score (nSPS) is 38.4. The molecule has 0 radical (unpaired) electrons. The summed E-state index contributed by atoms with van der Waals surface area (Å²) in [6.45, 7) is 13.7. The number of rotatable bonds is 17. The van der Waals surface area contributed by atoms with Crippen molar-refractivity contribution in [2.24, 2.45) is 52.1 Å². The van der Waals surface area contributed by atoms with Gasteiger partial charge in [0.15, 0.2) is 0 Å². The second kappa shape index (κ2) is 16.0. The largest absolute Gasteiger partial charge is 0.469 e. The molecule has 0 heterocycles. The molecular weight excluding hydrogens is 524 g/mol. The van der Waals surface area contributed by atoms with E-state index in [2.05, 4.69) is 36.7 Å². The molecule has 0 spiro atoms. The molecule has 0 aliphatic heterocycles. The number of fused-ring (bicyclic) bond motifs is 5. The van der Waals surface area contributed by atoms with E-state index in [9.17, 15) is 9.90 Å². The van der Waals surface area contributed by atoms with E-state index in [4.69, 9.17) is 10.5 Å². The zero-order valence-corrected chi connectivity index (χ0v) is 27.6. The number of carbonyl (C=O) groups is 1. The van der Waals surface area contributed by atoms with Gasteiger partial charge in [0.1, 0.15) is 0 Å². The number of nitrogens with one attached hydrogen (secondary N) is 3. The molecule has 0 aromatic carbocycles. The maximum absolute atomic E-state index is 11.8. The molecular formula is C35H66N4O3. The van der Waals surface area contributed by atoms with Crippen LogP contribution in [0.5, 0.6) is 0 Å². The summed E-state index contributed by atoms with van der Waals surface area (Å²) in [4.78, 5) is 11.8. The van der Waals surface area contributed by atoms with E-state index < -0.39 is 0 Å². The molecule has 4 rings (SSSR count). The van der Waals surface area contributed by atoms with Crippen LogP contribution in [0.25, 0.3) is 0 Å². The zero-order valence-electron chi connectivity index (χ0n) is 27.6. The molecule has 0 aromatic rings. The smallest absolute Gasteiger partial charge is 0.305 e. The van der Waals surface area contributed by atoms with Gasteiger partial charge >= 0.3 is 5.97 Å². The Kier molecular flexibility index (Phi) is 13.0. The summed E-state index contributed by atoms with van der Waals surface area (Å²) >= 11 is 0. The predicted molar refractivity (Wildman–Crippen MR) is 172 cm³/mol. The number of aliphatic hydroxyl groups excluding tert-OH is 1. The van der Waals surface area contributed by atoms with Crippen LogP contribution in [-0.2, 0) is 9.53 Å². The quantitative estimate of drug-likeness (QED) is 0.122. The van der Waals surface area contributed by atoms with Gasteiger partial charge in [-0.2, -0.15) is 0 Å². The standard InChI is InChI=1S/C35H66N4O3/c1-25(9-12-32(41)42-4)28-10-11-29-33-30(14-16-35(28,29)3)34(2)15-13-27(23-26(34)24-31(33)40)39-22-8-21-38-19-6-5-18-37-20-7-17-36/h25-31,33,37-40H,5-24,36H2,1-4H3/t25-,26+,27+,28-,29?,30?,31+,33?,34+,35-/m1/s1. The molecule has 4 fully saturated rings. The van der Waals surface area contributed by atoms with Crippen LogP contribution in [0.3, 0.4) is 0 Å². The molecule has 42 heavy (non-hydrogen) atoms. The van der Waals surface area contributed by atoms with Crippen molar-refractivity contribution in [3.63, 3.8) is 0 Å². The van der Waals surface area contributed by atoms with Gasteiger partial charge in [0.2, 0.25) is 0 Å². The molecule has 6 N–H and O–H groups in total. The maximum atomic E-state index is 11.8. The van der Waals surface area contributed by atoms with Crippen molar-refractivity contribution in [2.75, 3.05) is 46.4 Å². The fourth-order valence-corrected chi connectivity index (χ4v) is 10.5. The minimum atomic E-state index is -0.152. The first-order valence-electron chi connectivity index (χ1n) is 17.8. The third-order valence-electron chi connectivity index (χ3n) is 13.0. The Bertz CT molecular complexity index is 828. The Morgan fingerprint density at radius 3 is 2.29 bits per heavy atom. The van der Waals surface area contributed by atoms with E-state index in [1.807, 2.05) is 0 Å². The number of unbranched alkanes of at least 4 members (excludes halogenated alkanes) is 1. The van der Waals surface area contributed by atoms with Gasteiger partial charge in [-0.25, -0.2) is 0 Å². The molecule has 4 aliphatic carbocycles. The third-order valence-corrected chi connectivity index (χ3v) is 13.0. The Labute approximate surface area is 257 Å². The lowest BCUT2D eigenvalue weighted by atomic mass is 9.43. The van der Waals surface area contributed by atoms with Gasteiger partial charge in [0.05, 0.1) is 13.2 Å². The summed E-state index contributed by atoms with van der Waals surface area (Å²) in [6, 6.07) is 0.604. The van der Waals surface area contributed by atoms with E-state index in [-0.39, 0.29) is 12.1 Å². The average Bonchev–Trinajstić information content (AvgIpc) is 3.34. The van der Waals surface area contributed by atoms with Gasteiger partial charge in [0, 0.05) is 12.5 Å². The first-order valence-corrected chi connectivity index (χ1v) is 17.8. The number of hydrogen-bond donors (Lipinski definition) is 5. The van der Waals surface area contributed by atoms with E-state index in [0.29, 0.717) is 58.8 Å². The Morgan fingerprint density at radius 1 is 0.905 bits per heavy atom. The highest BCUT2D eigenvalue weighted by molar-refractivity contribution is 5.69. The number of esters is 1. The van der Waals surface area contributed by atoms with Crippen LogP contribution in [0.2, 0.25) is 0 Å². The van der Waals surface area contributed by atoms with Gasteiger partial charge in [-0.15, -0.1) is 0 Å². The van der Waals surface area contributed by atoms with Crippen LogP contribution in [0.1, 0.15) is 111 Å². The third kappa shape index (κ3) is 7.91. The molecule has 244 valence electrons. The van der Waals surface area contributed by atoms with Gasteiger partial charge in [0.25, 0.3) is 0 Å². The van der Waals surface area contributed by atoms with Crippen molar-refractivity contribution in [3.05, 3.63) is 0 Å². The SMILES string of the molecule is COC(=O)CC[C@@H](C)[C@H]1CCC2C3C(CC[C@@]21C)[C@@]1(C)CC[C@H](NCCCNCCCCNCCCN)C[C@H]1C[C@@H]3O. The maximum Gasteiger partial charge on any atom is 0.305 e. The van der Waals surface area contributed by atoms with Gasteiger partial charge in [-0.05, 0) is 169 Å². The summed E-state index contributed by atoms with van der Waals surface area (Å²) in [7, 11) is 1.50. The number of ether oxygens (including phenoxy) is 1. The molecule has 3 unspecified atom stereocenters. The molecule has 0 aromatic heterocycles. The number of nitrogens with two attached hydrogens (primary N) is 1. The van der Waals surface area contributed by atoms with Crippen LogP contribution in [0, 0.1) is 46.3 Å². The first-order chi connectivity index (χ1) is 20.2. The number of aliphatic hydroxyl groups is 1. The van der Waals surface area contributed by atoms with Crippen LogP contribution in [0.15, 0.2) is 0 Å². The van der Waals surface area contributed by atoms with Crippen molar-refractivity contribution < 1.29 is 14.6 Å². The summed E-state index contributed by atoms with van der Waals surface area (Å²) in [6.07, 6.45) is 15.9. The lowest BCUT2D eigenvalue weighted by Crippen LogP contribution is -2.59. The molecule has 0 saturated heterocycles. The molecule has 4 saturated carbocycles. The van der Waals surface area contributed by atoms with Crippen molar-refractivity contribution >= 4 is 5.97 Å². The van der Waals surface area contributed by atoms with Crippen molar-refractivity contribution in [2.45, 2.75) is 123 Å².